The number of piperidine rings is 1. The van der Waals surface area contributed by atoms with Crippen LogP contribution in [0.5, 0.6) is 0 Å². The second kappa shape index (κ2) is 7.16. The molecule has 0 unspecified atom stereocenters. The van der Waals surface area contributed by atoms with Gasteiger partial charge in [0.15, 0.2) is 4.77 Å². The van der Waals surface area contributed by atoms with Crippen LogP contribution in [0.25, 0.3) is 0 Å². The molecule has 1 N–H and O–H groups in total. The highest BCUT2D eigenvalue weighted by atomic mass is 32.1. The molecule has 2 aliphatic rings. The first-order valence-corrected chi connectivity index (χ1v) is 9.34. The van der Waals surface area contributed by atoms with Crippen molar-refractivity contribution in [3.05, 3.63) is 10.6 Å². The van der Waals surface area contributed by atoms with Crippen LogP contribution < -0.4 is 0 Å². The van der Waals surface area contributed by atoms with Crippen molar-refractivity contribution in [2.24, 2.45) is 18.9 Å². The van der Waals surface area contributed by atoms with Gasteiger partial charge in [-0.2, -0.15) is 5.10 Å². The number of nitrogens with one attached hydrogen (secondary N) is 1. The SMILES string of the molecule is C[C@H]1CCC[C@@H](CC(=O)N2CCC[C@H](c3n[nH]c(=S)n3C)C2)C1. The van der Waals surface area contributed by atoms with E-state index in [9.17, 15) is 4.79 Å². The zero-order chi connectivity index (χ0) is 16.4. The van der Waals surface area contributed by atoms with Crippen molar-refractivity contribution in [2.45, 2.75) is 57.8 Å². The number of likely N-dealkylation sites (tertiary alicyclic amines) is 1. The van der Waals surface area contributed by atoms with Gasteiger partial charge in [-0.25, -0.2) is 0 Å². The van der Waals surface area contributed by atoms with Gasteiger partial charge in [0, 0.05) is 32.5 Å². The van der Waals surface area contributed by atoms with Crippen LogP contribution in [-0.2, 0) is 11.8 Å². The Kier molecular flexibility index (Phi) is 5.19. The molecule has 1 aliphatic carbocycles. The molecule has 1 amide bonds. The van der Waals surface area contributed by atoms with E-state index < -0.39 is 0 Å². The van der Waals surface area contributed by atoms with Gasteiger partial charge < -0.3 is 9.47 Å². The molecule has 1 aromatic heterocycles. The number of carbonyl (C=O) groups is 1. The average Bonchev–Trinajstić information content (AvgIpc) is 2.87. The van der Waals surface area contributed by atoms with Crippen molar-refractivity contribution in [3.63, 3.8) is 0 Å². The molecular weight excluding hydrogens is 308 g/mol. The summed E-state index contributed by atoms with van der Waals surface area (Å²) in [5.41, 5.74) is 0. The number of aromatic nitrogens is 3. The van der Waals surface area contributed by atoms with Gasteiger partial charge in [-0.05, 0) is 49.7 Å². The van der Waals surface area contributed by atoms with Crippen molar-refractivity contribution in [3.8, 4) is 0 Å². The number of carbonyl (C=O) groups excluding carboxylic acids is 1. The molecule has 3 rings (SSSR count). The van der Waals surface area contributed by atoms with E-state index in [1.807, 2.05) is 11.6 Å². The molecule has 0 spiro atoms. The van der Waals surface area contributed by atoms with Gasteiger partial charge in [-0.3, -0.25) is 9.89 Å². The monoisotopic (exact) mass is 336 g/mol. The van der Waals surface area contributed by atoms with Crippen LogP contribution in [0.2, 0.25) is 0 Å². The second-order valence-corrected chi connectivity index (χ2v) is 7.85. The molecule has 3 atom stereocenters. The maximum Gasteiger partial charge on any atom is 0.222 e. The van der Waals surface area contributed by atoms with Gasteiger partial charge in [-0.15, -0.1) is 0 Å². The Hall–Kier alpha value is -1.17. The van der Waals surface area contributed by atoms with Crippen LogP contribution in [0.4, 0.5) is 0 Å². The Morgan fingerprint density at radius 3 is 2.87 bits per heavy atom. The van der Waals surface area contributed by atoms with Gasteiger partial charge >= 0.3 is 0 Å². The Morgan fingerprint density at radius 1 is 1.35 bits per heavy atom. The van der Waals surface area contributed by atoms with Crippen molar-refractivity contribution >= 4 is 18.1 Å². The van der Waals surface area contributed by atoms with Crippen molar-refractivity contribution in [1.29, 1.82) is 0 Å². The highest BCUT2D eigenvalue weighted by molar-refractivity contribution is 7.71. The minimum absolute atomic E-state index is 0.302. The first-order valence-electron chi connectivity index (χ1n) is 8.93. The highest BCUT2D eigenvalue weighted by Crippen LogP contribution is 2.32. The molecule has 5 nitrogen and oxygen atoms in total. The van der Waals surface area contributed by atoms with Gasteiger partial charge in [0.05, 0.1) is 0 Å². The number of H-pyrrole nitrogens is 1. The first kappa shape index (κ1) is 16.7. The fourth-order valence-electron chi connectivity index (χ4n) is 4.26. The first-order chi connectivity index (χ1) is 11.0. The summed E-state index contributed by atoms with van der Waals surface area (Å²) >= 11 is 5.21. The van der Waals surface area contributed by atoms with E-state index >= 15 is 0 Å². The lowest BCUT2D eigenvalue weighted by Gasteiger charge is -2.34. The number of amides is 1. The Labute approximate surface area is 143 Å². The molecule has 1 aromatic rings. The van der Waals surface area contributed by atoms with Gasteiger partial charge in [-0.1, -0.05) is 19.8 Å². The third-order valence-electron chi connectivity index (χ3n) is 5.56. The Bertz CT molecular complexity index is 608. The number of hydrogen-bond donors (Lipinski definition) is 1. The predicted octanol–water partition coefficient (Wildman–Crippen LogP) is 3.40. The molecule has 0 bridgehead atoms. The van der Waals surface area contributed by atoms with E-state index in [1.54, 1.807) is 0 Å². The topological polar surface area (TPSA) is 53.9 Å². The van der Waals surface area contributed by atoms with Gasteiger partial charge in [0.2, 0.25) is 5.91 Å². The van der Waals surface area contributed by atoms with Gasteiger partial charge in [0.1, 0.15) is 5.82 Å². The van der Waals surface area contributed by atoms with Crippen molar-refractivity contribution in [2.75, 3.05) is 13.1 Å². The summed E-state index contributed by atoms with van der Waals surface area (Å²) in [7, 11) is 1.95. The molecule has 6 heteroatoms. The molecule has 23 heavy (non-hydrogen) atoms. The summed E-state index contributed by atoms with van der Waals surface area (Å²) in [5.74, 6) is 3.00. The number of rotatable bonds is 3. The largest absolute Gasteiger partial charge is 0.342 e. The lowest BCUT2D eigenvalue weighted by atomic mass is 9.80. The minimum Gasteiger partial charge on any atom is -0.342 e. The second-order valence-electron chi connectivity index (χ2n) is 7.47. The highest BCUT2D eigenvalue weighted by Gasteiger charge is 2.29. The summed E-state index contributed by atoms with van der Waals surface area (Å²) in [6, 6.07) is 0. The normalized spacial score (nSPS) is 28.8. The fourth-order valence-corrected chi connectivity index (χ4v) is 4.40. The fraction of sp³-hybridized carbons (Fsp3) is 0.824. The lowest BCUT2D eigenvalue weighted by molar-refractivity contribution is -0.133. The van der Waals surface area contributed by atoms with Crippen LogP contribution in [0.3, 0.4) is 0 Å². The third-order valence-corrected chi connectivity index (χ3v) is 5.93. The maximum atomic E-state index is 12.7. The van der Waals surface area contributed by atoms with E-state index in [4.69, 9.17) is 12.2 Å². The molecule has 0 aromatic carbocycles. The molecule has 1 saturated heterocycles. The minimum atomic E-state index is 0.302. The van der Waals surface area contributed by atoms with Gasteiger partial charge in [0.25, 0.3) is 0 Å². The summed E-state index contributed by atoms with van der Waals surface area (Å²) in [6.07, 6.45) is 7.92. The maximum absolute atomic E-state index is 12.7. The number of aromatic amines is 1. The Balaban J connectivity index is 1.60. The lowest BCUT2D eigenvalue weighted by Crippen LogP contribution is -2.40. The number of nitrogens with zero attached hydrogens (tertiary/aromatic N) is 3. The van der Waals surface area contributed by atoms with Crippen LogP contribution in [0.1, 0.15) is 63.6 Å². The van der Waals surface area contributed by atoms with Crippen LogP contribution in [0.15, 0.2) is 0 Å². The Morgan fingerprint density at radius 2 is 2.17 bits per heavy atom. The predicted molar refractivity (Wildman–Crippen MR) is 92.7 cm³/mol. The smallest absolute Gasteiger partial charge is 0.222 e. The summed E-state index contributed by atoms with van der Waals surface area (Å²) in [6.45, 7) is 4.00. The van der Waals surface area contributed by atoms with Crippen molar-refractivity contribution < 1.29 is 4.79 Å². The molecule has 0 radical (unpaired) electrons. The number of hydrogen-bond acceptors (Lipinski definition) is 3. The standard InChI is InChI=1S/C17H28N4OS/c1-12-5-3-6-13(9-12)10-15(22)21-8-4-7-14(11-21)16-18-19-17(23)20(16)2/h12-14H,3-11H2,1-2H3,(H,19,23)/t12-,13+,14-/m0/s1. The summed E-state index contributed by atoms with van der Waals surface area (Å²) in [4.78, 5) is 14.8. The molecular formula is C17H28N4OS. The van der Waals surface area contributed by atoms with E-state index in [2.05, 4.69) is 22.0 Å². The van der Waals surface area contributed by atoms with E-state index in [-0.39, 0.29) is 0 Å². The van der Waals surface area contributed by atoms with E-state index in [1.165, 1.54) is 25.7 Å². The molecule has 2 heterocycles. The van der Waals surface area contributed by atoms with Crippen LogP contribution >= 0.6 is 12.2 Å². The quantitative estimate of drug-likeness (QED) is 0.861. The zero-order valence-corrected chi connectivity index (χ0v) is 15.1. The zero-order valence-electron chi connectivity index (χ0n) is 14.3. The molecule has 128 valence electrons. The summed E-state index contributed by atoms with van der Waals surface area (Å²) < 4.78 is 2.59. The summed E-state index contributed by atoms with van der Waals surface area (Å²) in [5, 5.41) is 7.23. The van der Waals surface area contributed by atoms with Crippen LogP contribution in [-0.4, -0.2) is 38.7 Å². The third kappa shape index (κ3) is 3.84. The van der Waals surface area contributed by atoms with Crippen molar-refractivity contribution in [1.82, 2.24) is 19.7 Å². The molecule has 1 aliphatic heterocycles. The van der Waals surface area contributed by atoms with E-state index in [0.717, 1.165) is 44.1 Å². The van der Waals surface area contributed by atoms with E-state index in [0.29, 0.717) is 22.5 Å². The molecule has 2 fully saturated rings. The molecule has 1 saturated carbocycles. The van der Waals surface area contributed by atoms with Crippen LogP contribution in [0, 0.1) is 16.6 Å². The average molecular weight is 337 g/mol.